The maximum absolute atomic E-state index is 11.6. The minimum Gasteiger partial charge on any atom is -0.454 e. The van der Waals surface area contributed by atoms with Gasteiger partial charge in [-0.3, -0.25) is 9.89 Å². The predicted octanol–water partition coefficient (Wildman–Crippen LogP) is 2.88. The summed E-state index contributed by atoms with van der Waals surface area (Å²) in [6, 6.07) is 9.84. The summed E-state index contributed by atoms with van der Waals surface area (Å²) < 4.78 is 5.82. The van der Waals surface area contributed by atoms with Crippen molar-refractivity contribution in [1.82, 2.24) is 10.2 Å². The number of Topliss-reactive ketones (excluding diaryl/α,β-unsaturated/α-hetero) is 1. The molecule has 0 aliphatic heterocycles. The number of aromatic amines is 1. The van der Waals surface area contributed by atoms with Gasteiger partial charge in [-0.2, -0.15) is 5.10 Å². The van der Waals surface area contributed by atoms with E-state index in [-0.39, 0.29) is 5.78 Å². The molecule has 0 saturated carbocycles. The summed E-state index contributed by atoms with van der Waals surface area (Å²) in [4.78, 5) is 11.6. The Morgan fingerprint density at radius 1 is 1.21 bits per heavy atom. The summed E-state index contributed by atoms with van der Waals surface area (Å²) in [5, 5.41) is 8.41. The number of hydrogen-bond acceptors (Lipinski definition) is 3. The molecule has 4 heteroatoms. The van der Waals surface area contributed by atoms with Crippen molar-refractivity contribution in [2.45, 2.75) is 19.3 Å². The van der Waals surface area contributed by atoms with E-state index in [1.807, 2.05) is 30.3 Å². The van der Waals surface area contributed by atoms with Crippen molar-refractivity contribution in [3.05, 3.63) is 41.6 Å². The monoisotopic (exact) mass is 252 g/mol. The zero-order valence-corrected chi connectivity index (χ0v) is 10.3. The van der Waals surface area contributed by atoms with Crippen LogP contribution in [0.5, 0.6) is 0 Å². The Morgan fingerprint density at radius 3 is 3.00 bits per heavy atom. The van der Waals surface area contributed by atoms with Crippen molar-refractivity contribution < 1.29 is 9.21 Å². The highest BCUT2D eigenvalue weighted by atomic mass is 16.3. The normalized spacial score (nSPS) is 14.8. The zero-order chi connectivity index (χ0) is 12.8. The first-order chi connectivity index (χ1) is 9.31. The minimum atomic E-state index is 0.270. The Hall–Kier alpha value is -2.36. The number of ketones is 1. The van der Waals surface area contributed by atoms with E-state index in [1.165, 1.54) is 0 Å². The van der Waals surface area contributed by atoms with Gasteiger partial charge in [0.05, 0.1) is 0 Å². The molecule has 0 fully saturated rings. The average Bonchev–Trinajstić information content (AvgIpc) is 3.00. The maximum Gasteiger partial charge on any atom is 0.155 e. The number of nitrogens with zero attached hydrogens (tertiary/aromatic N) is 1. The molecule has 1 aromatic carbocycles. The standard InChI is InChI=1S/C15H12N2O2/c18-10-5-6-12-11(8-10)15(17-16-12)14-7-9-3-1-2-4-13(9)19-14/h1-4,7H,5-6,8H2,(H,16,17). The lowest BCUT2D eigenvalue weighted by atomic mass is 9.94. The molecule has 1 N–H and O–H groups in total. The fraction of sp³-hybridized carbons (Fsp3) is 0.200. The lowest BCUT2D eigenvalue weighted by Crippen LogP contribution is -2.12. The number of hydrogen-bond donors (Lipinski definition) is 1. The number of rotatable bonds is 1. The molecular weight excluding hydrogens is 240 g/mol. The van der Waals surface area contributed by atoms with Crippen LogP contribution in [0, 0.1) is 0 Å². The maximum atomic E-state index is 11.6. The molecule has 3 aromatic rings. The molecule has 19 heavy (non-hydrogen) atoms. The van der Waals surface area contributed by atoms with Crippen LogP contribution in [0.25, 0.3) is 22.4 Å². The molecule has 94 valence electrons. The molecular formula is C15H12N2O2. The zero-order valence-electron chi connectivity index (χ0n) is 10.3. The molecule has 0 amide bonds. The summed E-state index contributed by atoms with van der Waals surface area (Å²) in [5.41, 5.74) is 3.68. The number of carbonyl (C=O) groups excluding carboxylic acids is 1. The summed E-state index contributed by atoms with van der Waals surface area (Å²) in [5.74, 6) is 1.000. The van der Waals surface area contributed by atoms with Crippen molar-refractivity contribution in [3.8, 4) is 11.5 Å². The molecule has 2 heterocycles. The second-order valence-corrected chi connectivity index (χ2v) is 4.89. The van der Waals surface area contributed by atoms with E-state index in [0.717, 1.165) is 40.1 Å². The van der Waals surface area contributed by atoms with Crippen LogP contribution in [0.1, 0.15) is 17.7 Å². The van der Waals surface area contributed by atoms with Crippen LogP contribution in [0.2, 0.25) is 0 Å². The first-order valence-electron chi connectivity index (χ1n) is 6.38. The molecule has 2 aromatic heterocycles. The lowest BCUT2D eigenvalue weighted by molar-refractivity contribution is -0.118. The lowest BCUT2D eigenvalue weighted by Gasteiger charge is -2.09. The van der Waals surface area contributed by atoms with Crippen LogP contribution in [0.15, 0.2) is 34.7 Å². The highest BCUT2D eigenvalue weighted by Gasteiger charge is 2.24. The first kappa shape index (κ1) is 10.6. The number of nitrogens with one attached hydrogen (secondary N) is 1. The Balaban J connectivity index is 1.88. The molecule has 0 unspecified atom stereocenters. The number of aryl methyl sites for hydroxylation is 1. The van der Waals surface area contributed by atoms with Gasteiger partial charge in [0.1, 0.15) is 17.1 Å². The SMILES string of the molecule is O=C1CCc2[nH]nc(-c3cc4ccccc4o3)c2C1. The molecule has 4 rings (SSSR count). The third-order valence-electron chi connectivity index (χ3n) is 3.64. The van der Waals surface area contributed by atoms with Crippen molar-refractivity contribution in [1.29, 1.82) is 0 Å². The van der Waals surface area contributed by atoms with Crippen LogP contribution >= 0.6 is 0 Å². The van der Waals surface area contributed by atoms with E-state index in [9.17, 15) is 4.79 Å². The average molecular weight is 252 g/mol. The van der Waals surface area contributed by atoms with Crippen molar-refractivity contribution in [2.24, 2.45) is 0 Å². The van der Waals surface area contributed by atoms with E-state index in [4.69, 9.17) is 4.42 Å². The van der Waals surface area contributed by atoms with Crippen molar-refractivity contribution in [3.63, 3.8) is 0 Å². The number of fused-ring (bicyclic) bond motifs is 2. The fourth-order valence-corrected chi connectivity index (χ4v) is 2.65. The van der Waals surface area contributed by atoms with E-state index < -0.39 is 0 Å². The van der Waals surface area contributed by atoms with Gasteiger partial charge in [-0.05, 0) is 18.6 Å². The Kier molecular flexibility index (Phi) is 2.12. The van der Waals surface area contributed by atoms with Gasteiger partial charge in [0, 0.05) is 29.5 Å². The van der Waals surface area contributed by atoms with Gasteiger partial charge < -0.3 is 4.42 Å². The van der Waals surface area contributed by atoms with Crippen LogP contribution in [-0.4, -0.2) is 16.0 Å². The van der Waals surface area contributed by atoms with E-state index in [1.54, 1.807) is 0 Å². The van der Waals surface area contributed by atoms with Gasteiger partial charge in [-0.25, -0.2) is 0 Å². The molecule has 1 aliphatic rings. The van der Waals surface area contributed by atoms with Crippen molar-refractivity contribution in [2.75, 3.05) is 0 Å². The molecule has 0 bridgehead atoms. The Morgan fingerprint density at radius 2 is 2.11 bits per heavy atom. The van der Waals surface area contributed by atoms with Gasteiger partial charge >= 0.3 is 0 Å². The second kappa shape index (κ2) is 3.82. The van der Waals surface area contributed by atoms with Crippen LogP contribution in [0.3, 0.4) is 0 Å². The third-order valence-corrected chi connectivity index (χ3v) is 3.64. The van der Waals surface area contributed by atoms with Crippen molar-refractivity contribution >= 4 is 16.8 Å². The topological polar surface area (TPSA) is 58.9 Å². The van der Waals surface area contributed by atoms with Gasteiger partial charge in [0.25, 0.3) is 0 Å². The van der Waals surface area contributed by atoms with Gasteiger partial charge in [0.15, 0.2) is 5.76 Å². The van der Waals surface area contributed by atoms with E-state index in [0.29, 0.717) is 12.8 Å². The number of aromatic nitrogens is 2. The number of carbonyl (C=O) groups is 1. The Bertz CT molecular complexity index is 749. The largest absolute Gasteiger partial charge is 0.454 e. The van der Waals surface area contributed by atoms with E-state index >= 15 is 0 Å². The quantitative estimate of drug-likeness (QED) is 0.724. The Labute approximate surface area is 109 Å². The van der Waals surface area contributed by atoms with Crippen LogP contribution in [-0.2, 0) is 17.6 Å². The van der Waals surface area contributed by atoms with Crippen LogP contribution in [0.4, 0.5) is 0 Å². The summed E-state index contributed by atoms with van der Waals surface area (Å²) in [6.45, 7) is 0. The second-order valence-electron chi connectivity index (χ2n) is 4.89. The number of benzene rings is 1. The highest BCUT2D eigenvalue weighted by Crippen LogP contribution is 2.32. The fourth-order valence-electron chi connectivity index (χ4n) is 2.65. The molecule has 0 radical (unpaired) electrons. The smallest absolute Gasteiger partial charge is 0.155 e. The third kappa shape index (κ3) is 1.60. The molecule has 0 spiro atoms. The summed E-state index contributed by atoms with van der Waals surface area (Å²) in [6.07, 6.45) is 1.81. The summed E-state index contributed by atoms with van der Waals surface area (Å²) in [7, 11) is 0. The number of furan rings is 1. The molecule has 1 aliphatic carbocycles. The molecule has 4 nitrogen and oxygen atoms in total. The van der Waals surface area contributed by atoms with Gasteiger partial charge in [-0.15, -0.1) is 0 Å². The van der Waals surface area contributed by atoms with Crippen LogP contribution < -0.4 is 0 Å². The molecule has 0 atom stereocenters. The van der Waals surface area contributed by atoms with Gasteiger partial charge in [-0.1, -0.05) is 18.2 Å². The number of para-hydroxylation sites is 1. The highest BCUT2D eigenvalue weighted by molar-refractivity contribution is 5.87. The minimum absolute atomic E-state index is 0.270. The molecule has 0 saturated heterocycles. The van der Waals surface area contributed by atoms with Gasteiger partial charge in [0.2, 0.25) is 0 Å². The number of H-pyrrole nitrogens is 1. The summed E-state index contributed by atoms with van der Waals surface area (Å²) >= 11 is 0. The van der Waals surface area contributed by atoms with E-state index in [2.05, 4.69) is 10.2 Å². The first-order valence-corrected chi connectivity index (χ1v) is 6.38. The predicted molar refractivity (Wildman–Crippen MR) is 70.8 cm³/mol.